The first-order chi connectivity index (χ1) is 8.22. The van der Waals surface area contributed by atoms with Crippen LogP contribution in [0.25, 0.3) is 0 Å². The summed E-state index contributed by atoms with van der Waals surface area (Å²) in [5, 5.41) is 8.80. The van der Waals surface area contributed by atoms with Gasteiger partial charge >= 0.3 is 5.97 Å². The second-order valence-corrected chi connectivity index (χ2v) is 4.90. The first-order valence-corrected chi connectivity index (χ1v) is 5.62. The molecule has 100 valence electrons. The van der Waals surface area contributed by atoms with E-state index >= 15 is 0 Å². The molecule has 1 aromatic heterocycles. The van der Waals surface area contributed by atoms with Crippen LogP contribution in [0.4, 0.5) is 0 Å². The van der Waals surface area contributed by atoms with Crippen molar-refractivity contribution in [1.29, 1.82) is 0 Å². The van der Waals surface area contributed by atoms with E-state index in [1.807, 2.05) is 0 Å². The third-order valence-electron chi connectivity index (χ3n) is 2.83. The van der Waals surface area contributed by atoms with Crippen molar-refractivity contribution in [3.05, 3.63) is 17.8 Å². The maximum Gasteiger partial charge on any atom is 0.305 e. The van der Waals surface area contributed by atoms with Crippen molar-refractivity contribution in [3.63, 3.8) is 0 Å². The fourth-order valence-electron chi connectivity index (χ4n) is 1.56. The molecular formula is C12H18N2O4. The highest BCUT2D eigenvalue weighted by Crippen LogP contribution is 2.18. The summed E-state index contributed by atoms with van der Waals surface area (Å²) >= 11 is 0. The smallest absolute Gasteiger partial charge is 0.305 e. The van der Waals surface area contributed by atoms with Crippen molar-refractivity contribution >= 4 is 11.9 Å². The molecule has 0 radical (unpaired) electrons. The summed E-state index contributed by atoms with van der Waals surface area (Å²) in [7, 11) is 1.58. The lowest BCUT2D eigenvalue weighted by atomic mass is 9.98. The predicted octanol–water partition coefficient (Wildman–Crippen LogP) is 1.24. The van der Waals surface area contributed by atoms with Crippen LogP contribution in [-0.4, -0.2) is 39.5 Å². The number of carbonyl (C=O) groups is 2. The lowest BCUT2D eigenvalue weighted by Gasteiger charge is -2.34. The van der Waals surface area contributed by atoms with Gasteiger partial charge in [-0.3, -0.25) is 9.59 Å². The minimum absolute atomic E-state index is 0.0351. The molecule has 18 heavy (non-hydrogen) atoms. The molecule has 0 spiro atoms. The number of aryl methyl sites for hydroxylation is 1. The number of aliphatic carboxylic acids is 1. The van der Waals surface area contributed by atoms with Gasteiger partial charge in [-0.15, -0.1) is 0 Å². The fraction of sp³-hybridized carbons (Fsp3) is 0.583. The van der Waals surface area contributed by atoms with E-state index < -0.39 is 11.5 Å². The molecule has 0 aliphatic carbocycles. The number of amides is 1. The van der Waals surface area contributed by atoms with Crippen molar-refractivity contribution in [2.75, 3.05) is 7.05 Å². The number of oxazole rings is 1. The first-order valence-electron chi connectivity index (χ1n) is 5.62. The zero-order valence-electron chi connectivity index (χ0n) is 11.1. The highest BCUT2D eigenvalue weighted by Gasteiger charge is 2.30. The van der Waals surface area contributed by atoms with Gasteiger partial charge in [0.05, 0.1) is 12.1 Å². The standard InChI is InChI=1S/C12H18N2O4/c1-8-7-18-9(13-8)5-10(15)14(4)12(2,3)6-11(16)17/h7H,5-6H2,1-4H3,(H,16,17). The van der Waals surface area contributed by atoms with Crippen LogP contribution in [0.3, 0.4) is 0 Å². The second-order valence-electron chi connectivity index (χ2n) is 4.90. The van der Waals surface area contributed by atoms with Crippen LogP contribution in [0.5, 0.6) is 0 Å². The Balaban J connectivity index is 2.68. The van der Waals surface area contributed by atoms with Crippen molar-refractivity contribution in [3.8, 4) is 0 Å². The summed E-state index contributed by atoms with van der Waals surface area (Å²) in [4.78, 5) is 28.2. The van der Waals surface area contributed by atoms with Gasteiger partial charge in [0.1, 0.15) is 12.7 Å². The zero-order chi connectivity index (χ0) is 13.9. The van der Waals surface area contributed by atoms with Crippen LogP contribution < -0.4 is 0 Å². The van der Waals surface area contributed by atoms with E-state index in [4.69, 9.17) is 9.52 Å². The molecule has 0 atom stereocenters. The van der Waals surface area contributed by atoms with Crippen LogP contribution in [0.15, 0.2) is 10.7 Å². The molecule has 1 N–H and O–H groups in total. The summed E-state index contributed by atoms with van der Waals surface area (Å²) in [6.45, 7) is 5.19. The average molecular weight is 254 g/mol. The molecule has 0 saturated heterocycles. The van der Waals surface area contributed by atoms with Gasteiger partial charge in [0, 0.05) is 12.6 Å². The van der Waals surface area contributed by atoms with E-state index in [9.17, 15) is 9.59 Å². The highest BCUT2D eigenvalue weighted by molar-refractivity contribution is 5.79. The molecule has 0 saturated carbocycles. The van der Waals surface area contributed by atoms with Crippen molar-refractivity contribution in [2.24, 2.45) is 0 Å². The number of aromatic nitrogens is 1. The number of carboxylic acids is 1. The third kappa shape index (κ3) is 3.58. The molecule has 1 aromatic rings. The molecule has 0 aliphatic heterocycles. The minimum atomic E-state index is -0.938. The van der Waals surface area contributed by atoms with Gasteiger partial charge in [0.15, 0.2) is 0 Å². The van der Waals surface area contributed by atoms with E-state index in [1.165, 1.54) is 11.2 Å². The van der Waals surface area contributed by atoms with Gasteiger partial charge in [-0.25, -0.2) is 4.98 Å². The lowest BCUT2D eigenvalue weighted by Crippen LogP contribution is -2.47. The Morgan fingerprint density at radius 1 is 1.50 bits per heavy atom. The summed E-state index contributed by atoms with van der Waals surface area (Å²) in [6.07, 6.45) is 1.40. The van der Waals surface area contributed by atoms with E-state index in [0.29, 0.717) is 11.6 Å². The monoisotopic (exact) mass is 254 g/mol. The molecular weight excluding hydrogens is 236 g/mol. The average Bonchev–Trinajstić information content (AvgIpc) is 2.60. The van der Waals surface area contributed by atoms with Gasteiger partial charge in [-0.05, 0) is 20.8 Å². The number of carboxylic acid groups (broad SMARTS) is 1. The Kier molecular flexibility index (Phi) is 4.11. The van der Waals surface area contributed by atoms with E-state index in [-0.39, 0.29) is 18.7 Å². The van der Waals surface area contributed by atoms with E-state index in [2.05, 4.69) is 4.98 Å². The lowest BCUT2D eigenvalue weighted by molar-refractivity contribution is -0.142. The SMILES string of the molecule is Cc1coc(CC(=O)N(C)C(C)(C)CC(=O)O)n1. The van der Waals surface area contributed by atoms with Crippen molar-refractivity contribution in [2.45, 2.75) is 39.2 Å². The van der Waals surface area contributed by atoms with E-state index in [0.717, 1.165) is 0 Å². The van der Waals surface area contributed by atoms with Gasteiger partial charge in [0.25, 0.3) is 0 Å². The molecule has 1 rings (SSSR count). The molecule has 0 aromatic carbocycles. The Labute approximate surface area is 106 Å². The number of likely N-dealkylation sites (N-methyl/N-ethyl adjacent to an activating group) is 1. The largest absolute Gasteiger partial charge is 0.481 e. The molecule has 0 bridgehead atoms. The Bertz CT molecular complexity index is 451. The van der Waals surface area contributed by atoms with Crippen molar-refractivity contribution < 1.29 is 19.1 Å². The highest BCUT2D eigenvalue weighted by atomic mass is 16.4. The molecule has 0 aliphatic rings. The molecule has 1 amide bonds. The van der Waals surface area contributed by atoms with Crippen molar-refractivity contribution in [1.82, 2.24) is 9.88 Å². The molecule has 0 unspecified atom stereocenters. The fourth-order valence-corrected chi connectivity index (χ4v) is 1.56. The second kappa shape index (κ2) is 5.20. The summed E-state index contributed by atoms with van der Waals surface area (Å²) in [6, 6.07) is 0. The topological polar surface area (TPSA) is 83.6 Å². The molecule has 0 fully saturated rings. The van der Waals surface area contributed by atoms with Crippen LogP contribution >= 0.6 is 0 Å². The Morgan fingerprint density at radius 2 is 2.11 bits per heavy atom. The molecule has 6 nitrogen and oxygen atoms in total. The first kappa shape index (κ1) is 14.2. The number of rotatable bonds is 5. The van der Waals surface area contributed by atoms with Gasteiger partial charge in [-0.1, -0.05) is 0 Å². The number of carbonyl (C=O) groups excluding carboxylic acids is 1. The number of hydrogen-bond donors (Lipinski definition) is 1. The maximum absolute atomic E-state index is 12.0. The van der Waals surface area contributed by atoms with Crippen LogP contribution in [0.1, 0.15) is 31.9 Å². The van der Waals surface area contributed by atoms with Gasteiger partial charge < -0.3 is 14.4 Å². The van der Waals surface area contributed by atoms with E-state index in [1.54, 1.807) is 27.8 Å². The van der Waals surface area contributed by atoms with Gasteiger partial charge in [0.2, 0.25) is 11.8 Å². The van der Waals surface area contributed by atoms with Crippen LogP contribution in [-0.2, 0) is 16.0 Å². The number of hydrogen-bond acceptors (Lipinski definition) is 4. The van der Waals surface area contributed by atoms with Crippen LogP contribution in [0.2, 0.25) is 0 Å². The normalized spacial score (nSPS) is 11.3. The summed E-state index contributed by atoms with van der Waals surface area (Å²) in [5.41, 5.74) is -0.0323. The summed E-state index contributed by atoms with van der Waals surface area (Å²) < 4.78 is 5.10. The number of nitrogens with zero attached hydrogens (tertiary/aromatic N) is 2. The summed E-state index contributed by atoms with van der Waals surface area (Å²) in [5.74, 6) is -0.815. The predicted molar refractivity (Wildman–Crippen MR) is 64.0 cm³/mol. The Morgan fingerprint density at radius 3 is 2.56 bits per heavy atom. The maximum atomic E-state index is 12.0. The zero-order valence-corrected chi connectivity index (χ0v) is 11.1. The third-order valence-corrected chi connectivity index (χ3v) is 2.83. The van der Waals surface area contributed by atoms with Crippen LogP contribution in [0, 0.1) is 6.92 Å². The molecule has 6 heteroatoms. The Hall–Kier alpha value is -1.85. The van der Waals surface area contributed by atoms with Gasteiger partial charge in [-0.2, -0.15) is 0 Å². The molecule has 1 heterocycles. The quantitative estimate of drug-likeness (QED) is 0.854. The minimum Gasteiger partial charge on any atom is -0.481 e.